The zero-order valence-corrected chi connectivity index (χ0v) is 11.3. The first-order chi connectivity index (χ1) is 9.90. The van der Waals surface area contributed by atoms with Crippen molar-refractivity contribution in [1.82, 2.24) is 10.4 Å². The maximum absolute atomic E-state index is 5.87. The van der Waals surface area contributed by atoms with Crippen LogP contribution in [-0.4, -0.2) is 17.0 Å². The van der Waals surface area contributed by atoms with Gasteiger partial charge in [0.25, 0.3) is 0 Å². The average Bonchev–Trinajstić information content (AvgIpc) is 3.01. The molecule has 20 heavy (non-hydrogen) atoms. The van der Waals surface area contributed by atoms with E-state index in [2.05, 4.69) is 29.6 Å². The molecule has 1 aromatic heterocycles. The summed E-state index contributed by atoms with van der Waals surface area (Å²) >= 11 is 0. The third-order valence-electron chi connectivity index (χ3n) is 3.20. The normalized spacial score (nSPS) is 10.8. The van der Waals surface area contributed by atoms with Crippen molar-refractivity contribution in [3.05, 3.63) is 42.6 Å². The highest BCUT2D eigenvalue weighted by Crippen LogP contribution is 2.36. The van der Waals surface area contributed by atoms with Crippen molar-refractivity contribution in [1.29, 1.82) is 0 Å². The highest BCUT2D eigenvalue weighted by atomic mass is 16.5. The van der Waals surface area contributed by atoms with Crippen molar-refractivity contribution in [3.63, 3.8) is 0 Å². The van der Waals surface area contributed by atoms with Crippen molar-refractivity contribution in [2.24, 2.45) is 0 Å². The molecular weight excluding hydrogens is 252 g/mol. The Labute approximate surface area is 117 Å². The van der Waals surface area contributed by atoms with Crippen LogP contribution in [0.2, 0.25) is 0 Å². The standard InChI is InChI=1S/C16H15N2O2/c1-2-3-10-19-14-9-8-12-6-4-5-7-13(12)16(14)15-11-17-18-20-15/h4-9H,2-3,10H2,1H3. The van der Waals surface area contributed by atoms with E-state index in [0.717, 1.165) is 34.9 Å². The van der Waals surface area contributed by atoms with Crippen LogP contribution >= 0.6 is 0 Å². The summed E-state index contributed by atoms with van der Waals surface area (Å²) in [5.74, 6) is 1.29. The summed E-state index contributed by atoms with van der Waals surface area (Å²) in [4.78, 5) is 0. The summed E-state index contributed by atoms with van der Waals surface area (Å²) in [6, 6.07) is 12.1. The molecule has 0 aliphatic heterocycles. The van der Waals surface area contributed by atoms with Gasteiger partial charge in [0.1, 0.15) is 5.75 Å². The van der Waals surface area contributed by atoms with Crippen molar-refractivity contribution in [3.8, 4) is 17.1 Å². The molecule has 0 saturated carbocycles. The highest BCUT2D eigenvalue weighted by Gasteiger charge is 2.15. The molecule has 0 fully saturated rings. The minimum absolute atomic E-state index is 0.508. The van der Waals surface area contributed by atoms with Crippen LogP contribution in [-0.2, 0) is 0 Å². The Kier molecular flexibility index (Phi) is 3.63. The van der Waals surface area contributed by atoms with Gasteiger partial charge in [-0.2, -0.15) is 0 Å². The number of nitrogens with zero attached hydrogens (tertiary/aromatic N) is 2. The first kappa shape index (κ1) is 12.7. The molecule has 4 heteroatoms. The molecule has 3 rings (SSSR count). The summed E-state index contributed by atoms with van der Waals surface area (Å²) < 4.78 is 11.1. The van der Waals surface area contributed by atoms with Crippen molar-refractivity contribution in [2.45, 2.75) is 19.8 Å². The third-order valence-corrected chi connectivity index (χ3v) is 3.20. The van der Waals surface area contributed by atoms with E-state index < -0.39 is 0 Å². The van der Waals surface area contributed by atoms with E-state index in [-0.39, 0.29) is 0 Å². The molecular formula is C16H15N2O2. The SMILES string of the molecule is CCCCOc1ccc2ccccc2c1-c1[c]nno1. The summed E-state index contributed by atoms with van der Waals surface area (Å²) in [6.45, 7) is 2.82. The Morgan fingerprint density at radius 3 is 2.90 bits per heavy atom. The van der Waals surface area contributed by atoms with E-state index >= 15 is 0 Å². The van der Waals surface area contributed by atoms with E-state index in [0.29, 0.717) is 12.4 Å². The Bertz CT molecular complexity index is 693. The molecule has 0 bridgehead atoms. The van der Waals surface area contributed by atoms with Gasteiger partial charge < -0.3 is 9.26 Å². The van der Waals surface area contributed by atoms with Crippen molar-refractivity contribution < 1.29 is 9.26 Å². The second kappa shape index (κ2) is 5.74. The molecule has 0 saturated heterocycles. The predicted octanol–water partition coefficient (Wildman–Crippen LogP) is 3.87. The number of unbranched alkanes of at least 4 members (excludes halogenated alkanes) is 1. The Balaban J connectivity index is 2.11. The molecule has 101 valence electrons. The zero-order chi connectivity index (χ0) is 13.8. The van der Waals surface area contributed by atoms with Crippen LogP contribution in [0.4, 0.5) is 0 Å². The van der Waals surface area contributed by atoms with Crippen LogP contribution in [0.25, 0.3) is 22.1 Å². The lowest BCUT2D eigenvalue weighted by Crippen LogP contribution is -1.98. The topological polar surface area (TPSA) is 48.2 Å². The molecule has 0 aliphatic rings. The summed E-state index contributed by atoms with van der Waals surface area (Å²) in [5, 5.41) is 9.33. The summed E-state index contributed by atoms with van der Waals surface area (Å²) in [5.41, 5.74) is 0.865. The van der Waals surface area contributed by atoms with E-state index in [1.807, 2.05) is 30.3 Å². The minimum atomic E-state index is 0.508. The average molecular weight is 267 g/mol. The minimum Gasteiger partial charge on any atom is -0.493 e. The Hall–Kier alpha value is -2.36. The molecule has 0 spiro atoms. The van der Waals surface area contributed by atoms with Crippen LogP contribution in [0.1, 0.15) is 19.8 Å². The monoisotopic (exact) mass is 267 g/mol. The highest BCUT2D eigenvalue weighted by molar-refractivity contribution is 5.98. The van der Waals surface area contributed by atoms with Gasteiger partial charge in [-0.15, -0.1) is 5.10 Å². The third kappa shape index (κ3) is 2.37. The van der Waals surface area contributed by atoms with Gasteiger partial charge in [-0.05, 0) is 23.3 Å². The molecule has 1 radical (unpaired) electrons. The second-order valence-corrected chi connectivity index (χ2v) is 4.58. The molecule has 4 nitrogen and oxygen atoms in total. The van der Waals surface area contributed by atoms with E-state index in [4.69, 9.17) is 9.26 Å². The molecule has 0 aliphatic carbocycles. The fourth-order valence-corrected chi connectivity index (χ4v) is 2.18. The van der Waals surface area contributed by atoms with Gasteiger partial charge in [0.05, 0.1) is 12.2 Å². The van der Waals surface area contributed by atoms with Crippen molar-refractivity contribution in [2.75, 3.05) is 6.61 Å². The number of hydrogen-bond acceptors (Lipinski definition) is 4. The number of fused-ring (bicyclic) bond motifs is 1. The Morgan fingerprint density at radius 2 is 2.10 bits per heavy atom. The predicted molar refractivity (Wildman–Crippen MR) is 76.5 cm³/mol. The summed E-state index contributed by atoms with van der Waals surface area (Å²) in [7, 11) is 0. The lowest BCUT2D eigenvalue weighted by Gasteiger charge is -2.11. The van der Waals surface area contributed by atoms with Gasteiger partial charge >= 0.3 is 0 Å². The first-order valence-corrected chi connectivity index (χ1v) is 6.75. The fourth-order valence-electron chi connectivity index (χ4n) is 2.18. The quantitative estimate of drug-likeness (QED) is 0.658. The van der Waals surface area contributed by atoms with Gasteiger partial charge in [-0.25, -0.2) is 0 Å². The van der Waals surface area contributed by atoms with Crippen LogP contribution in [0.5, 0.6) is 5.75 Å². The molecule has 0 N–H and O–H groups in total. The van der Waals surface area contributed by atoms with Gasteiger partial charge in [-0.3, -0.25) is 0 Å². The van der Waals surface area contributed by atoms with Crippen molar-refractivity contribution >= 4 is 10.8 Å². The van der Waals surface area contributed by atoms with Crippen LogP contribution in [0.3, 0.4) is 0 Å². The van der Waals surface area contributed by atoms with E-state index in [1.54, 1.807) is 0 Å². The maximum atomic E-state index is 5.87. The molecule has 3 aromatic rings. The molecule has 0 unspecified atom stereocenters. The Morgan fingerprint density at radius 1 is 1.20 bits per heavy atom. The largest absolute Gasteiger partial charge is 0.493 e. The number of ether oxygens (including phenoxy) is 1. The zero-order valence-electron chi connectivity index (χ0n) is 11.3. The lowest BCUT2D eigenvalue weighted by atomic mass is 10.0. The van der Waals surface area contributed by atoms with Crippen LogP contribution in [0, 0.1) is 6.20 Å². The molecule has 0 atom stereocenters. The van der Waals surface area contributed by atoms with Crippen LogP contribution in [0.15, 0.2) is 40.9 Å². The number of aromatic nitrogens is 2. The second-order valence-electron chi connectivity index (χ2n) is 4.58. The number of rotatable bonds is 5. The van der Waals surface area contributed by atoms with Gasteiger partial charge in [0.2, 0.25) is 5.76 Å². The molecule has 2 aromatic carbocycles. The van der Waals surface area contributed by atoms with E-state index in [9.17, 15) is 0 Å². The van der Waals surface area contributed by atoms with Gasteiger partial charge in [0, 0.05) is 5.27 Å². The smallest absolute Gasteiger partial charge is 0.201 e. The molecule has 0 amide bonds. The number of hydrogen-bond donors (Lipinski definition) is 0. The van der Waals surface area contributed by atoms with Gasteiger partial charge in [0.15, 0.2) is 6.20 Å². The fraction of sp³-hybridized carbons (Fsp3) is 0.250. The van der Waals surface area contributed by atoms with Crippen LogP contribution < -0.4 is 4.74 Å². The summed E-state index contributed by atoms with van der Waals surface area (Å²) in [6.07, 6.45) is 4.88. The maximum Gasteiger partial charge on any atom is 0.201 e. The first-order valence-electron chi connectivity index (χ1n) is 6.75. The molecule has 1 heterocycles. The van der Waals surface area contributed by atoms with E-state index in [1.165, 1.54) is 0 Å². The lowest BCUT2D eigenvalue weighted by molar-refractivity contribution is 0.309. The van der Waals surface area contributed by atoms with Gasteiger partial charge in [-0.1, -0.05) is 43.7 Å². The number of benzene rings is 2.